The Morgan fingerprint density at radius 2 is 1.82 bits per heavy atom. The molecule has 3 nitrogen and oxygen atoms in total. The molecule has 2 rings (SSSR count). The van der Waals surface area contributed by atoms with Crippen LogP contribution in [0.25, 0.3) is 11.1 Å². The molecule has 0 aromatic heterocycles. The van der Waals surface area contributed by atoms with Crippen LogP contribution in [0.15, 0.2) is 42.5 Å². The number of benzene rings is 2. The molecular weight excluding hydrogens is 283 g/mol. The Bertz CT molecular complexity index is 650. The van der Waals surface area contributed by atoms with Gasteiger partial charge in [0.25, 0.3) is 0 Å². The molecule has 1 atom stereocenters. The van der Waals surface area contributed by atoms with Crippen molar-refractivity contribution in [1.29, 1.82) is 0 Å². The van der Waals surface area contributed by atoms with Crippen LogP contribution < -0.4 is 4.74 Å². The summed E-state index contributed by atoms with van der Waals surface area (Å²) in [6.45, 7) is 1.97. The standard InChI is InChI=1S/C18H19FO3/c1-3-12(11-18(20)21)13-4-6-14(7-5-13)15-8-9-17(22-2)16(19)10-15/h4-10,12H,3,11H2,1-2H3,(H,20,21). The summed E-state index contributed by atoms with van der Waals surface area (Å²) in [5.74, 6) is -0.985. The van der Waals surface area contributed by atoms with Gasteiger partial charge in [-0.05, 0) is 41.2 Å². The molecule has 0 heterocycles. The molecule has 4 heteroatoms. The average molecular weight is 302 g/mol. The van der Waals surface area contributed by atoms with Crippen LogP contribution in [-0.2, 0) is 4.79 Å². The van der Waals surface area contributed by atoms with Crippen LogP contribution >= 0.6 is 0 Å². The second kappa shape index (κ2) is 7.07. The molecular formula is C18H19FO3. The van der Waals surface area contributed by atoms with Crippen molar-refractivity contribution in [2.24, 2.45) is 0 Å². The maximum Gasteiger partial charge on any atom is 0.303 e. The number of carboxylic acids is 1. The van der Waals surface area contributed by atoms with Gasteiger partial charge in [0.1, 0.15) is 0 Å². The number of ether oxygens (including phenoxy) is 1. The van der Waals surface area contributed by atoms with Gasteiger partial charge in [-0.25, -0.2) is 4.39 Å². The van der Waals surface area contributed by atoms with Crippen LogP contribution in [0.4, 0.5) is 4.39 Å². The molecule has 0 aliphatic rings. The zero-order valence-corrected chi connectivity index (χ0v) is 12.7. The summed E-state index contributed by atoms with van der Waals surface area (Å²) in [4.78, 5) is 10.9. The second-order valence-electron chi connectivity index (χ2n) is 5.17. The van der Waals surface area contributed by atoms with Crippen LogP contribution in [0.5, 0.6) is 5.75 Å². The molecule has 0 aliphatic heterocycles. The van der Waals surface area contributed by atoms with Gasteiger partial charge in [-0.2, -0.15) is 0 Å². The number of hydrogen-bond donors (Lipinski definition) is 1. The Morgan fingerprint density at radius 1 is 1.18 bits per heavy atom. The average Bonchev–Trinajstić information content (AvgIpc) is 2.52. The fourth-order valence-corrected chi connectivity index (χ4v) is 2.50. The minimum atomic E-state index is -0.798. The van der Waals surface area contributed by atoms with Gasteiger partial charge in [0.2, 0.25) is 0 Å². The molecule has 0 amide bonds. The van der Waals surface area contributed by atoms with Crippen molar-refractivity contribution in [2.45, 2.75) is 25.7 Å². The third-order valence-electron chi connectivity index (χ3n) is 3.78. The first-order valence-electron chi connectivity index (χ1n) is 7.20. The van der Waals surface area contributed by atoms with E-state index >= 15 is 0 Å². The van der Waals surface area contributed by atoms with Crippen molar-refractivity contribution in [1.82, 2.24) is 0 Å². The Labute approximate surface area is 129 Å². The summed E-state index contributed by atoms with van der Waals surface area (Å²) < 4.78 is 18.7. The Morgan fingerprint density at radius 3 is 2.32 bits per heavy atom. The van der Waals surface area contributed by atoms with E-state index < -0.39 is 11.8 Å². The van der Waals surface area contributed by atoms with E-state index in [4.69, 9.17) is 9.84 Å². The fraction of sp³-hybridized carbons (Fsp3) is 0.278. The van der Waals surface area contributed by atoms with Gasteiger partial charge in [-0.15, -0.1) is 0 Å². The SMILES string of the molecule is CCC(CC(=O)O)c1ccc(-c2ccc(OC)c(F)c2)cc1. The zero-order valence-electron chi connectivity index (χ0n) is 12.7. The van der Waals surface area contributed by atoms with Crippen LogP contribution in [0.3, 0.4) is 0 Å². The van der Waals surface area contributed by atoms with E-state index in [1.165, 1.54) is 13.2 Å². The number of rotatable bonds is 6. The quantitative estimate of drug-likeness (QED) is 0.856. The van der Waals surface area contributed by atoms with E-state index in [1.807, 2.05) is 31.2 Å². The van der Waals surface area contributed by atoms with E-state index in [-0.39, 0.29) is 18.1 Å². The normalized spacial score (nSPS) is 12.0. The van der Waals surface area contributed by atoms with Crippen molar-refractivity contribution in [3.8, 4) is 16.9 Å². The Hall–Kier alpha value is -2.36. The number of hydrogen-bond acceptors (Lipinski definition) is 2. The molecule has 0 bridgehead atoms. The fourth-order valence-electron chi connectivity index (χ4n) is 2.50. The molecule has 116 valence electrons. The monoisotopic (exact) mass is 302 g/mol. The highest BCUT2D eigenvalue weighted by molar-refractivity contribution is 5.68. The summed E-state index contributed by atoms with van der Waals surface area (Å²) in [6, 6.07) is 12.4. The molecule has 1 N–H and O–H groups in total. The van der Waals surface area contributed by atoms with E-state index in [2.05, 4.69) is 0 Å². The first kappa shape index (κ1) is 16.0. The minimum absolute atomic E-state index is 0.000784. The highest BCUT2D eigenvalue weighted by Crippen LogP contribution is 2.28. The first-order valence-corrected chi connectivity index (χ1v) is 7.20. The molecule has 0 saturated carbocycles. The lowest BCUT2D eigenvalue weighted by Gasteiger charge is -2.13. The van der Waals surface area contributed by atoms with Gasteiger partial charge in [0, 0.05) is 0 Å². The molecule has 1 unspecified atom stereocenters. The lowest BCUT2D eigenvalue weighted by Crippen LogP contribution is -2.05. The lowest BCUT2D eigenvalue weighted by atomic mass is 9.92. The molecule has 0 aliphatic carbocycles. The Balaban J connectivity index is 2.24. The van der Waals surface area contributed by atoms with Gasteiger partial charge in [-0.1, -0.05) is 37.3 Å². The molecule has 0 radical (unpaired) electrons. The third kappa shape index (κ3) is 3.64. The van der Waals surface area contributed by atoms with Gasteiger partial charge < -0.3 is 9.84 Å². The van der Waals surface area contributed by atoms with Crippen molar-refractivity contribution in [3.63, 3.8) is 0 Å². The van der Waals surface area contributed by atoms with Gasteiger partial charge >= 0.3 is 5.97 Å². The van der Waals surface area contributed by atoms with Crippen molar-refractivity contribution >= 4 is 5.97 Å². The smallest absolute Gasteiger partial charge is 0.303 e. The maximum absolute atomic E-state index is 13.8. The van der Waals surface area contributed by atoms with Crippen LogP contribution in [-0.4, -0.2) is 18.2 Å². The van der Waals surface area contributed by atoms with E-state index in [9.17, 15) is 9.18 Å². The van der Waals surface area contributed by atoms with E-state index in [0.717, 1.165) is 23.1 Å². The number of aliphatic carboxylic acids is 1. The summed E-state index contributed by atoms with van der Waals surface area (Å²) in [5, 5.41) is 8.94. The van der Waals surface area contributed by atoms with Crippen LogP contribution in [0.1, 0.15) is 31.2 Å². The summed E-state index contributed by atoms with van der Waals surface area (Å²) in [6.07, 6.45) is 0.885. The van der Waals surface area contributed by atoms with Gasteiger partial charge in [0.05, 0.1) is 13.5 Å². The van der Waals surface area contributed by atoms with Crippen LogP contribution in [0.2, 0.25) is 0 Å². The number of methoxy groups -OCH3 is 1. The topological polar surface area (TPSA) is 46.5 Å². The van der Waals surface area contributed by atoms with Gasteiger partial charge in [-0.3, -0.25) is 4.79 Å². The molecule has 0 spiro atoms. The number of halogens is 1. The third-order valence-corrected chi connectivity index (χ3v) is 3.78. The van der Waals surface area contributed by atoms with Crippen molar-refractivity contribution in [3.05, 3.63) is 53.8 Å². The summed E-state index contributed by atoms with van der Waals surface area (Å²) in [7, 11) is 1.43. The summed E-state index contributed by atoms with van der Waals surface area (Å²) >= 11 is 0. The lowest BCUT2D eigenvalue weighted by molar-refractivity contribution is -0.137. The maximum atomic E-state index is 13.8. The minimum Gasteiger partial charge on any atom is -0.494 e. The molecule has 2 aromatic carbocycles. The predicted molar refractivity (Wildman–Crippen MR) is 83.7 cm³/mol. The zero-order chi connectivity index (χ0) is 16.1. The van der Waals surface area contributed by atoms with E-state index in [0.29, 0.717) is 0 Å². The molecule has 22 heavy (non-hydrogen) atoms. The van der Waals surface area contributed by atoms with Crippen LogP contribution in [0, 0.1) is 5.82 Å². The highest BCUT2D eigenvalue weighted by Gasteiger charge is 2.13. The van der Waals surface area contributed by atoms with Gasteiger partial charge in [0.15, 0.2) is 11.6 Å². The van der Waals surface area contributed by atoms with Crippen molar-refractivity contribution < 1.29 is 19.0 Å². The Kier molecular flexibility index (Phi) is 5.15. The second-order valence-corrected chi connectivity index (χ2v) is 5.17. The predicted octanol–water partition coefficient (Wildman–Crippen LogP) is 4.47. The molecule has 0 saturated heterocycles. The molecule has 0 fully saturated rings. The number of carbonyl (C=O) groups is 1. The largest absolute Gasteiger partial charge is 0.494 e. The first-order chi connectivity index (χ1) is 10.5. The molecule has 2 aromatic rings. The van der Waals surface area contributed by atoms with E-state index in [1.54, 1.807) is 12.1 Å². The summed E-state index contributed by atoms with van der Waals surface area (Å²) in [5.41, 5.74) is 2.63. The highest BCUT2D eigenvalue weighted by atomic mass is 19.1. The van der Waals surface area contributed by atoms with Crippen molar-refractivity contribution in [2.75, 3.05) is 7.11 Å². The number of carboxylic acid groups (broad SMARTS) is 1.